The second-order valence-corrected chi connectivity index (χ2v) is 14.3. The van der Waals surface area contributed by atoms with E-state index in [0.29, 0.717) is 25.0 Å². The number of halogens is 4. The summed E-state index contributed by atoms with van der Waals surface area (Å²) in [4.78, 5) is 12.4. The molecular formula is C24H26ClF3N2O6S2. The summed E-state index contributed by atoms with van der Waals surface area (Å²) in [5.74, 6) is -6.55. The molecule has 2 bridgehead atoms. The topological polar surface area (TPSA) is 130 Å². The van der Waals surface area contributed by atoms with Gasteiger partial charge in [0.2, 0.25) is 10.0 Å². The van der Waals surface area contributed by atoms with E-state index in [9.17, 15) is 39.9 Å². The fourth-order valence-corrected chi connectivity index (χ4v) is 8.38. The zero-order valence-corrected chi connectivity index (χ0v) is 22.6. The average molecular weight is 595 g/mol. The molecule has 0 spiro atoms. The van der Waals surface area contributed by atoms with Crippen LogP contribution in [-0.4, -0.2) is 51.5 Å². The molecule has 2 saturated carbocycles. The van der Waals surface area contributed by atoms with E-state index in [2.05, 4.69) is 10.0 Å². The first kappa shape index (κ1) is 28.8. The Morgan fingerprint density at radius 3 is 2.18 bits per heavy atom. The van der Waals surface area contributed by atoms with Crippen LogP contribution in [-0.2, 0) is 19.9 Å². The predicted molar refractivity (Wildman–Crippen MR) is 135 cm³/mol. The highest BCUT2D eigenvalue weighted by Gasteiger charge is 2.53. The maximum atomic E-state index is 13.7. The number of hydrogen-bond acceptors (Lipinski definition) is 6. The average Bonchev–Trinajstić information content (AvgIpc) is 2.80. The molecule has 1 amide bonds. The van der Waals surface area contributed by atoms with Crippen LogP contribution in [0.1, 0.15) is 42.5 Å². The van der Waals surface area contributed by atoms with Gasteiger partial charge in [-0.3, -0.25) is 4.79 Å². The van der Waals surface area contributed by atoms with Crippen LogP contribution in [0.15, 0.2) is 35.2 Å². The van der Waals surface area contributed by atoms with Crippen LogP contribution in [0.5, 0.6) is 0 Å². The normalized spacial score (nSPS) is 25.7. The number of carbonyl (C=O) groups excluding carboxylic acids is 1. The van der Waals surface area contributed by atoms with Gasteiger partial charge in [0.1, 0.15) is 0 Å². The van der Waals surface area contributed by atoms with E-state index in [-0.39, 0.29) is 40.6 Å². The van der Waals surface area contributed by atoms with Gasteiger partial charge in [-0.15, -0.1) is 0 Å². The van der Waals surface area contributed by atoms with Crippen LogP contribution in [0.25, 0.3) is 0 Å². The van der Waals surface area contributed by atoms with Crippen molar-refractivity contribution in [2.75, 3.05) is 18.1 Å². The third-order valence-corrected chi connectivity index (χ3v) is 10.7. The first-order chi connectivity index (χ1) is 17.6. The van der Waals surface area contributed by atoms with Crippen molar-refractivity contribution in [1.29, 1.82) is 0 Å². The van der Waals surface area contributed by atoms with Crippen molar-refractivity contribution in [3.8, 4) is 0 Å². The van der Waals surface area contributed by atoms with E-state index in [1.54, 1.807) is 0 Å². The molecule has 3 N–H and O–H groups in total. The van der Waals surface area contributed by atoms with Crippen molar-refractivity contribution in [2.45, 2.75) is 47.9 Å². The van der Waals surface area contributed by atoms with Crippen molar-refractivity contribution >= 4 is 43.1 Å². The number of aliphatic hydroxyl groups is 1. The highest BCUT2D eigenvalue weighted by molar-refractivity contribution is 7.92. The summed E-state index contributed by atoms with van der Waals surface area (Å²) >= 11 is 6.22. The van der Waals surface area contributed by atoms with Gasteiger partial charge in [-0.2, -0.15) is 0 Å². The Morgan fingerprint density at radius 1 is 1.05 bits per heavy atom. The third kappa shape index (κ3) is 5.71. The van der Waals surface area contributed by atoms with Crippen LogP contribution in [0.3, 0.4) is 0 Å². The smallest absolute Gasteiger partial charge is 0.255 e. The maximum absolute atomic E-state index is 13.7. The lowest BCUT2D eigenvalue weighted by Gasteiger charge is -2.51. The van der Waals surface area contributed by atoms with Crippen LogP contribution in [0, 0.1) is 29.3 Å². The lowest BCUT2D eigenvalue weighted by atomic mass is 9.61. The van der Waals surface area contributed by atoms with Gasteiger partial charge in [0, 0.05) is 29.9 Å². The molecule has 14 heteroatoms. The number of rotatable bonds is 7. The first-order valence-electron chi connectivity index (χ1n) is 11.8. The molecule has 2 aliphatic rings. The number of amides is 1. The Hall–Kier alpha value is -2.19. The molecule has 2 atom stereocenters. The van der Waals surface area contributed by atoms with Gasteiger partial charge in [-0.25, -0.2) is 34.7 Å². The SMILES string of the molecule is CS(=O)(=O)NCC1(O)C2CCCC1CC(S(=O)(=O)c1cc(C(=O)Nc3cc(F)c(F)c(F)c3)ccc1Cl)C2. The van der Waals surface area contributed by atoms with Crippen molar-refractivity contribution in [3.05, 3.63) is 58.4 Å². The molecule has 2 fully saturated rings. The summed E-state index contributed by atoms with van der Waals surface area (Å²) in [5, 5.41) is 12.5. The van der Waals surface area contributed by atoms with E-state index in [0.717, 1.165) is 18.7 Å². The lowest BCUT2D eigenvalue weighted by Crippen LogP contribution is -2.60. The van der Waals surface area contributed by atoms with E-state index < -0.39 is 65.9 Å². The summed E-state index contributed by atoms with van der Waals surface area (Å²) in [7, 11) is -7.68. The number of anilines is 1. The minimum absolute atomic E-state index is 0.0711. The number of sulfonamides is 1. The number of benzene rings is 2. The second kappa shape index (κ2) is 10.4. The molecule has 208 valence electrons. The number of nitrogens with one attached hydrogen (secondary N) is 2. The van der Waals surface area contributed by atoms with Gasteiger partial charge in [0.25, 0.3) is 5.91 Å². The molecular weight excluding hydrogens is 569 g/mol. The van der Waals surface area contributed by atoms with Crippen molar-refractivity contribution in [1.82, 2.24) is 4.72 Å². The first-order valence-corrected chi connectivity index (χ1v) is 15.6. The van der Waals surface area contributed by atoms with Crippen LogP contribution >= 0.6 is 11.6 Å². The molecule has 0 aliphatic heterocycles. The zero-order chi connectivity index (χ0) is 28.0. The molecule has 2 aromatic rings. The summed E-state index contributed by atoms with van der Waals surface area (Å²) in [6, 6.07) is 4.68. The number of carbonyl (C=O) groups is 1. The highest BCUT2D eigenvalue weighted by atomic mass is 35.5. The van der Waals surface area contributed by atoms with Crippen LogP contribution < -0.4 is 10.0 Å². The minimum atomic E-state index is -4.11. The maximum Gasteiger partial charge on any atom is 0.255 e. The van der Waals surface area contributed by atoms with E-state index >= 15 is 0 Å². The standard InChI is InChI=1S/C24H26ClF3N2O6S2/c1-37(33,34)29-12-24(32)14-3-2-4-15(24)9-17(8-14)38(35,36)21-7-13(5-6-18(21)25)23(31)30-16-10-19(26)22(28)20(27)11-16/h5-7,10-11,14-15,17,29,32H,2-4,8-9,12H2,1H3,(H,30,31). The van der Waals surface area contributed by atoms with Gasteiger partial charge >= 0.3 is 0 Å². The molecule has 2 unspecified atom stereocenters. The Labute approximate surface area is 223 Å². The summed E-state index contributed by atoms with van der Waals surface area (Å²) < 4.78 is 93.2. The van der Waals surface area contributed by atoms with Gasteiger partial charge in [0.15, 0.2) is 27.3 Å². The molecule has 8 nitrogen and oxygen atoms in total. The largest absolute Gasteiger partial charge is 0.388 e. The van der Waals surface area contributed by atoms with Gasteiger partial charge in [-0.1, -0.05) is 18.0 Å². The van der Waals surface area contributed by atoms with Gasteiger partial charge in [0.05, 0.1) is 27.0 Å². The van der Waals surface area contributed by atoms with E-state index in [1.807, 2.05) is 0 Å². The van der Waals surface area contributed by atoms with E-state index in [1.165, 1.54) is 12.1 Å². The van der Waals surface area contributed by atoms with Crippen molar-refractivity contribution < 1.29 is 39.9 Å². The quantitative estimate of drug-likeness (QED) is 0.420. The molecule has 2 aromatic carbocycles. The second-order valence-electron chi connectivity index (χ2n) is 9.90. The monoisotopic (exact) mass is 594 g/mol. The molecule has 38 heavy (non-hydrogen) atoms. The van der Waals surface area contributed by atoms with Crippen LogP contribution in [0.4, 0.5) is 18.9 Å². The minimum Gasteiger partial charge on any atom is -0.388 e. The number of hydrogen-bond donors (Lipinski definition) is 3. The van der Waals surface area contributed by atoms with Crippen LogP contribution in [0.2, 0.25) is 5.02 Å². The molecule has 0 aromatic heterocycles. The number of fused-ring (bicyclic) bond motifs is 2. The predicted octanol–water partition coefficient (Wildman–Crippen LogP) is 3.64. The third-order valence-electron chi connectivity index (χ3n) is 7.41. The Balaban J connectivity index is 1.58. The molecule has 0 radical (unpaired) electrons. The van der Waals surface area contributed by atoms with Gasteiger partial charge in [-0.05, 0) is 55.7 Å². The summed E-state index contributed by atoms with van der Waals surface area (Å²) in [6.45, 7) is -0.213. The fraction of sp³-hybridized carbons (Fsp3) is 0.458. The van der Waals surface area contributed by atoms with Gasteiger partial charge < -0.3 is 10.4 Å². The van der Waals surface area contributed by atoms with Crippen molar-refractivity contribution in [3.63, 3.8) is 0 Å². The highest BCUT2D eigenvalue weighted by Crippen LogP contribution is 2.50. The Morgan fingerprint density at radius 2 is 1.63 bits per heavy atom. The molecule has 2 aliphatic carbocycles. The summed E-state index contributed by atoms with van der Waals surface area (Å²) in [6.07, 6.45) is 2.93. The number of sulfone groups is 1. The molecule has 0 saturated heterocycles. The molecule has 0 heterocycles. The zero-order valence-electron chi connectivity index (χ0n) is 20.2. The van der Waals surface area contributed by atoms with Crippen molar-refractivity contribution in [2.24, 2.45) is 11.8 Å². The molecule has 4 rings (SSSR count). The Kier molecular flexibility index (Phi) is 7.90. The Bertz CT molecular complexity index is 1450. The summed E-state index contributed by atoms with van der Waals surface area (Å²) in [5.41, 5.74) is -1.92. The fourth-order valence-electron chi connectivity index (χ4n) is 5.48. The van der Waals surface area contributed by atoms with E-state index in [4.69, 9.17) is 11.6 Å². The lowest BCUT2D eigenvalue weighted by molar-refractivity contribution is -0.112.